The second kappa shape index (κ2) is 7.54. The van der Waals surface area contributed by atoms with Crippen LogP contribution in [0.4, 0.5) is 11.4 Å². The summed E-state index contributed by atoms with van der Waals surface area (Å²) in [5, 5.41) is 3.28. The Morgan fingerprint density at radius 2 is 2.28 bits per heavy atom. The standard InChI is InChI=1S/C13H19ClN2OS/c1-3-9(2)7-18-8-13(17)16-12-6-10(15)4-5-11(12)14/h4-6,9H,3,7-8,15H2,1-2H3,(H,16,17). The Morgan fingerprint density at radius 3 is 2.94 bits per heavy atom. The van der Waals surface area contributed by atoms with Crippen LogP contribution in [-0.4, -0.2) is 17.4 Å². The maximum atomic E-state index is 11.7. The first-order valence-corrected chi connectivity index (χ1v) is 7.48. The molecule has 5 heteroatoms. The number of halogens is 1. The number of amides is 1. The van der Waals surface area contributed by atoms with Gasteiger partial charge in [0.05, 0.1) is 16.5 Å². The number of nitrogens with two attached hydrogens (primary N) is 1. The second-order valence-corrected chi connectivity index (χ2v) is 5.75. The molecule has 1 unspecified atom stereocenters. The van der Waals surface area contributed by atoms with Crippen LogP contribution in [0.5, 0.6) is 0 Å². The van der Waals surface area contributed by atoms with Crippen molar-refractivity contribution in [2.24, 2.45) is 5.92 Å². The summed E-state index contributed by atoms with van der Waals surface area (Å²) in [6, 6.07) is 5.05. The zero-order chi connectivity index (χ0) is 13.5. The third-order valence-electron chi connectivity index (χ3n) is 2.60. The quantitative estimate of drug-likeness (QED) is 0.785. The molecular formula is C13H19ClN2OS. The van der Waals surface area contributed by atoms with Gasteiger partial charge in [0.25, 0.3) is 0 Å². The number of anilines is 2. The molecule has 0 saturated heterocycles. The summed E-state index contributed by atoms with van der Waals surface area (Å²) in [4.78, 5) is 11.7. The number of thioether (sulfide) groups is 1. The largest absolute Gasteiger partial charge is 0.399 e. The maximum absolute atomic E-state index is 11.7. The highest BCUT2D eigenvalue weighted by atomic mass is 35.5. The molecule has 0 spiro atoms. The third kappa shape index (κ3) is 5.19. The van der Waals surface area contributed by atoms with Gasteiger partial charge in [0.2, 0.25) is 5.91 Å². The highest BCUT2D eigenvalue weighted by molar-refractivity contribution is 7.99. The molecule has 3 N–H and O–H groups in total. The summed E-state index contributed by atoms with van der Waals surface area (Å²) in [7, 11) is 0. The zero-order valence-electron chi connectivity index (χ0n) is 10.7. The minimum atomic E-state index is -0.0456. The summed E-state index contributed by atoms with van der Waals surface area (Å²) in [5.41, 5.74) is 6.81. The first-order valence-electron chi connectivity index (χ1n) is 5.95. The summed E-state index contributed by atoms with van der Waals surface area (Å²) in [6.07, 6.45) is 1.13. The lowest BCUT2D eigenvalue weighted by Crippen LogP contribution is -2.15. The Labute approximate surface area is 117 Å². The van der Waals surface area contributed by atoms with Gasteiger partial charge in [-0.05, 0) is 29.9 Å². The second-order valence-electron chi connectivity index (χ2n) is 4.32. The van der Waals surface area contributed by atoms with Crippen molar-refractivity contribution in [1.82, 2.24) is 0 Å². The molecule has 0 aliphatic rings. The van der Waals surface area contributed by atoms with Gasteiger partial charge in [0.1, 0.15) is 0 Å². The lowest BCUT2D eigenvalue weighted by atomic mass is 10.2. The van der Waals surface area contributed by atoms with Gasteiger partial charge >= 0.3 is 0 Å². The normalized spacial score (nSPS) is 12.2. The van der Waals surface area contributed by atoms with Crippen LogP contribution in [0.25, 0.3) is 0 Å². The topological polar surface area (TPSA) is 55.1 Å². The highest BCUT2D eigenvalue weighted by Crippen LogP contribution is 2.24. The van der Waals surface area contributed by atoms with Crippen LogP contribution in [0, 0.1) is 5.92 Å². The van der Waals surface area contributed by atoms with Gasteiger partial charge < -0.3 is 11.1 Å². The molecule has 1 amide bonds. The van der Waals surface area contributed by atoms with Gasteiger partial charge in [0.15, 0.2) is 0 Å². The van der Waals surface area contributed by atoms with Crippen molar-refractivity contribution in [3.8, 4) is 0 Å². The van der Waals surface area contributed by atoms with E-state index < -0.39 is 0 Å². The summed E-state index contributed by atoms with van der Waals surface area (Å²) >= 11 is 7.61. The monoisotopic (exact) mass is 286 g/mol. The van der Waals surface area contributed by atoms with E-state index in [0.29, 0.717) is 28.1 Å². The molecule has 1 aromatic rings. The lowest BCUT2D eigenvalue weighted by molar-refractivity contribution is -0.113. The van der Waals surface area contributed by atoms with E-state index in [1.807, 2.05) is 0 Å². The van der Waals surface area contributed by atoms with Crippen molar-refractivity contribution in [3.05, 3.63) is 23.2 Å². The van der Waals surface area contributed by atoms with E-state index in [-0.39, 0.29) is 5.91 Å². The SMILES string of the molecule is CCC(C)CSCC(=O)Nc1cc(N)ccc1Cl. The van der Waals surface area contributed by atoms with E-state index in [1.165, 1.54) is 0 Å². The minimum absolute atomic E-state index is 0.0456. The average Bonchev–Trinajstić information content (AvgIpc) is 2.33. The molecule has 0 bridgehead atoms. The summed E-state index contributed by atoms with van der Waals surface area (Å²) in [5.74, 6) is 2.03. The van der Waals surface area contributed by atoms with Crippen LogP contribution < -0.4 is 11.1 Å². The number of nitrogen functional groups attached to an aromatic ring is 1. The van der Waals surface area contributed by atoms with E-state index in [4.69, 9.17) is 17.3 Å². The number of benzene rings is 1. The van der Waals surface area contributed by atoms with Crippen molar-refractivity contribution in [2.75, 3.05) is 22.6 Å². The predicted molar refractivity (Wildman–Crippen MR) is 81.3 cm³/mol. The minimum Gasteiger partial charge on any atom is -0.399 e. The highest BCUT2D eigenvalue weighted by Gasteiger charge is 2.07. The van der Waals surface area contributed by atoms with E-state index in [0.717, 1.165) is 12.2 Å². The predicted octanol–water partition coefficient (Wildman–Crippen LogP) is 3.64. The number of nitrogens with one attached hydrogen (secondary N) is 1. The first kappa shape index (κ1) is 15.2. The molecule has 0 aliphatic heterocycles. The van der Waals surface area contributed by atoms with E-state index >= 15 is 0 Å². The molecule has 100 valence electrons. The molecule has 0 heterocycles. The van der Waals surface area contributed by atoms with Crippen LogP contribution in [0.1, 0.15) is 20.3 Å². The summed E-state index contributed by atoms with van der Waals surface area (Å²) in [6.45, 7) is 4.33. The molecule has 1 rings (SSSR count). The van der Waals surface area contributed by atoms with Gasteiger partial charge in [-0.3, -0.25) is 4.79 Å². The van der Waals surface area contributed by atoms with E-state index in [2.05, 4.69) is 19.2 Å². The van der Waals surface area contributed by atoms with Crippen LogP contribution in [0.15, 0.2) is 18.2 Å². The molecule has 1 atom stereocenters. The Morgan fingerprint density at radius 1 is 1.56 bits per heavy atom. The van der Waals surface area contributed by atoms with Gasteiger partial charge in [0, 0.05) is 5.69 Å². The number of rotatable bonds is 6. The Hall–Kier alpha value is -0.870. The summed E-state index contributed by atoms with van der Waals surface area (Å²) < 4.78 is 0. The van der Waals surface area contributed by atoms with Crippen LogP contribution in [0.2, 0.25) is 5.02 Å². The molecule has 0 saturated carbocycles. The van der Waals surface area contributed by atoms with Crippen LogP contribution >= 0.6 is 23.4 Å². The van der Waals surface area contributed by atoms with Gasteiger partial charge in [-0.15, -0.1) is 0 Å². The molecule has 0 aliphatic carbocycles. The Bertz CT molecular complexity index is 412. The van der Waals surface area contributed by atoms with Crippen molar-refractivity contribution >= 4 is 40.6 Å². The fourth-order valence-electron chi connectivity index (χ4n) is 1.30. The van der Waals surface area contributed by atoms with Crippen molar-refractivity contribution in [3.63, 3.8) is 0 Å². The van der Waals surface area contributed by atoms with Crippen molar-refractivity contribution in [2.45, 2.75) is 20.3 Å². The van der Waals surface area contributed by atoms with Crippen molar-refractivity contribution < 1.29 is 4.79 Å². The van der Waals surface area contributed by atoms with Gasteiger partial charge in [-0.1, -0.05) is 31.9 Å². The molecule has 0 aromatic heterocycles. The van der Waals surface area contributed by atoms with Gasteiger partial charge in [-0.2, -0.15) is 11.8 Å². The molecule has 3 nitrogen and oxygen atoms in total. The Balaban J connectivity index is 2.42. The third-order valence-corrected chi connectivity index (χ3v) is 4.20. The Kier molecular flexibility index (Phi) is 6.36. The number of carbonyl (C=O) groups is 1. The zero-order valence-corrected chi connectivity index (χ0v) is 12.3. The molecular weight excluding hydrogens is 268 g/mol. The van der Waals surface area contributed by atoms with Crippen LogP contribution in [0.3, 0.4) is 0 Å². The fraction of sp³-hybridized carbons (Fsp3) is 0.462. The molecule has 18 heavy (non-hydrogen) atoms. The van der Waals surface area contributed by atoms with Gasteiger partial charge in [-0.25, -0.2) is 0 Å². The number of hydrogen-bond donors (Lipinski definition) is 2. The van der Waals surface area contributed by atoms with E-state index in [9.17, 15) is 4.79 Å². The van der Waals surface area contributed by atoms with E-state index in [1.54, 1.807) is 30.0 Å². The molecule has 1 aromatic carbocycles. The maximum Gasteiger partial charge on any atom is 0.234 e. The molecule has 0 fully saturated rings. The van der Waals surface area contributed by atoms with Crippen molar-refractivity contribution in [1.29, 1.82) is 0 Å². The number of carbonyl (C=O) groups excluding carboxylic acids is 1. The molecule has 0 radical (unpaired) electrons. The van der Waals surface area contributed by atoms with Crippen LogP contribution in [-0.2, 0) is 4.79 Å². The smallest absolute Gasteiger partial charge is 0.234 e. The first-order chi connectivity index (χ1) is 8.52. The average molecular weight is 287 g/mol. The lowest BCUT2D eigenvalue weighted by Gasteiger charge is -2.09. The fourth-order valence-corrected chi connectivity index (χ4v) is 2.47. The number of hydrogen-bond acceptors (Lipinski definition) is 3.